The van der Waals surface area contributed by atoms with E-state index >= 15 is 0 Å². The van der Waals surface area contributed by atoms with Crippen molar-refractivity contribution >= 4 is 13.4 Å². The molecule has 0 aliphatic heterocycles. The first kappa shape index (κ1) is 18.8. The van der Waals surface area contributed by atoms with Gasteiger partial charge in [-0.05, 0) is 19.3 Å². The number of alkyl halides is 1. The number of halogens is 1. The van der Waals surface area contributed by atoms with Crippen LogP contribution in [0.2, 0.25) is 0 Å². The molecular formula is C13H26FO4P. The van der Waals surface area contributed by atoms with Gasteiger partial charge in [-0.25, -0.2) is 4.39 Å². The fraction of sp³-hybridized carbons (Fsp3) is 0.923. The van der Waals surface area contributed by atoms with Crippen LogP contribution in [-0.4, -0.2) is 31.8 Å². The Morgan fingerprint density at radius 1 is 1.16 bits per heavy atom. The van der Waals surface area contributed by atoms with E-state index in [0.29, 0.717) is 6.42 Å². The Morgan fingerprint density at radius 3 is 2.16 bits per heavy atom. The molecule has 0 heterocycles. The Bertz CT molecular complexity index is 314. The number of rotatable bonds is 11. The largest absolute Gasteiger partial charge is 0.337 e. The average molecular weight is 296 g/mol. The molecule has 0 fully saturated rings. The zero-order valence-electron chi connectivity index (χ0n) is 12.4. The lowest BCUT2D eigenvalue weighted by molar-refractivity contribution is -0.129. The van der Waals surface area contributed by atoms with Crippen LogP contribution in [0.4, 0.5) is 4.39 Å². The Kier molecular flexibility index (Phi) is 8.71. The summed E-state index contributed by atoms with van der Waals surface area (Å²) in [6.07, 6.45) is 3.42. The molecule has 0 saturated carbocycles. The quantitative estimate of drug-likeness (QED) is 0.425. The predicted octanol–water partition coefficient (Wildman–Crippen LogP) is 4.13. The zero-order chi connectivity index (χ0) is 14.9. The van der Waals surface area contributed by atoms with Crippen LogP contribution in [0, 0.1) is 0 Å². The molecule has 0 rings (SSSR count). The molecule has 114 valence electrons. The standard InChI is InChI=1S/C13H26FO4P/c1-5-7-8-9-10-13(14,6-2)12(15)11-19(16,17-3)18-4/h5-11H2,1-4H3. The second-order valence-electron chi connectivity index (χ2n) is 4.69. The van der Waals surface area contributed by atoms with E-state index in [1.54, 1.807) is 6.92 Å². The molecular weight excluding hydrogens is 270 g/mol. The molecule has 0 aromatic rings. The first-order valence-electron chi connectivity index (χ1n) is 6.80. The monoisotopic (exact) mass is 296 g/mol. The van der Waals surface area contributed by atoms with Gasteiger partial charge in [0.1, 0.15) is 6.16 Å². The molecule has 4 nitrogen and oxygen atoms in total. The van der Waals surface area contributed by atoms with Crippen molar-refractivity contribution in [1.29, 1.82) is 0 Å². The van der Waals surface area contributed by atoms with Gasteiger partial charge in [0, 0.05) is 14.2 Å². The number of carbonyl (C=O) groups excluding carboxylic acids is 1. The van der Waals surface area contributed by atoms with Gasteiger partial charge in [0.25, 0.3) is 0 Å². The van der Waals surface area contributed by atoms with Gasteiger partial charge in [-0.15, -0.1) is 0 Å². The maximum absolute atomic E-state index is 14.6. The van der Waals surface area contributed by atoms with E-state index in [1.165, 1.54) is 14.2 Å². The topological polar surface area (TPSA) is 52.6 Å². The van der Waals surface area contributed by atoms with Crippen molar-refractivity contribution < 1.29 is 22.8 Å². The second kappa shape index (κ2) is 8.83. The highest BCUT2D eigenvalue weighted by atomic mass is 31.2. The molecule has 6 heteroatoms. The van der Waals surface area contributed by atoms with E-state index in [9.17, 15) is 13.8 Å². The maximum atomic E-state index is 14.6. The van der Waals surface area contributed by atoms with Crippen LogP contribution in [0.25, 0.3) is 0 Å². The van der Waals surface area contributed by atoms with Gasteiger partial charge < -0.3 is 9.05 Å². The summed E-state index contributed by atoms with van der Waals surface area (Å²) in [4.78, 5) is 12.0. The molecule has 0 N–H and O–H groups in total. The summed E-state index contributed by atoms with van der Waals surface area (Å²) in [7, 11) is -1.08. The normalized spacial score (nSPS) is 15.2. The zero-order valence-corrected chi connectivity index (χ0v) is 13.3. The first-order chi connectivity index (χ1) is 8.87. The van der Waals surface area contributed by atoms with Crippen LogP contribution in [0.3, 0.4) is 0 Å². The van der Waals surface area contributed by atoms with Crippen molar-refractivity contribution in [1.82, 2.24) is 0 Å². The maximum Gasteiger partial charge on any atom is 0.337 e. The van der Waals surface area contributed by atoms with Crippen LogP contribution in [0.1, 0.15) is 52.4 Å². The van der Waals surface area contributed by atoms with Gasteiger partial charge in [-0.1, -0.05) is 33.1 Å². The minimum atomic E-state index is -3.48. The highest BCUT2D eigenvalue weighted by Crippen LogP contribution is 2.47. The van der Waals surface area contributed by atoms with E-state index in [-0.39, 0.29) is 12.8 Å². The van der Waals surface area contributed by atoms with Crippen molar-refractivity contribution in [2.75, 3.05) is 20.4 Å². The third kappa shape index (κ3) is 6.15. The highest BCUT2D eigenvalue weighted by molar-refractivity contribution is 7.54. The summed E-state index contributed by atoms with van der Waals surface area (Å²) in [5, 5.41) is 0. The molecule has 0 amide bonds. The molecule has 0 saturated heterocycles. The van der Waals surface area contributed by atoms with Crippen LogP contribution < -0.4 is 0 Å². The molecule has 0 aromatic heterocycles. The molecule has 0 aromatic carbocycles. The lowest BCUT2D eigenvalue weighted by Crippen LogP contribution is -2.35. The van der Waals surface area contributed by atoms with E-state index in [2.05, 4.69) is 16.0 Å². The number of unbranched alkanes of at least 4 members (excludes halogenated alkanes) is 3. The fourth-order valence-corrected chi connectivity index (χ4v) is 2.91. The van der Waals surface area contributed by atoms with Gasteiger partial charge in [0.15, 0.2) is 11.5 Å². The number of hydrogen-bond donors (Lipinski definition) is 0. The van der Waals surface area contributed by atoms with Gasteiger partial charge in [-0.2, -0.15) is 0 Å². The molecule has 19 heavy (non-hydrogen) atoms. The Labute approximate surface area is 115 Å². The first-order valence-corrected chi connectivity index (χ1v) is 8.53. The summed E-state index contributed by atoms with van der Waals surface area (Å²) < 4.78 is 35.8. The van der Waals surface area contributed by atoms with Crippen LogP contribution >= 0.6 is 7.60 Å². The van der Waals surface area contributed by atoms with Crippen molar-refractivity contribution in [2.24, 2.45) is 0 Å². The van der Waals surface area contributed by atoms with Crippen molar-refractivity contribution in [2.45, 2.75) is 58.0 Å². The Balaban J connectivity index is 4.56. The fourth-order valence-electron chi connectivity index (χ4n) is 1.87. The minimum absolute atomic E-state index is 0.0887. The smallest absolute Gasteiger partial charge is 0.312 e. The highest BCUT2D eigenvalue weighted by Gasteiger charge is 2.40. The summed E-state index contributed by atoms with van der Waals surface area (Å²) in [5.41, 5.74) is -1.92. The van der Waals surface area contributed by atoms with Crippen molar-refractivity contribution in [3.63, 3.8) is 0 Å². The summed E-state index contributed by atoms with van der Waals surface area (Å²) in [6, 6.07) is 0. The number of ketones is 1. The van der Waals surface area contributed by atoms with E-state index in [4.69, 9.17) is 0 Å². The molecule has 1 unspecified atom stereocenters. The van der Waals surface area contributed by atoms with Gasteiger partial charge in [0.05, 0.1) is 0 Å². The van der Waals surface area contributed by atoms with E-state index in [0.717, 1.165) is 19.3 Å². The summed E-state index contributed by atoms with van der Waals surface area (Å²) >= 11 is 0. The molecule has 0 aliphatic rings. The van der Waals surface area contributed by atoms with Crippen molar-refractivity contribution in [3.8, 4) is 0 Å². The van der Waals surface area contributed by atoms with Crippen LogP contribution in [0.5, 0.6) is 0 Å². The van der Waals surface area contributed by atoms with Crippen molar-refractivity contribution in [3.05, 3.63) is 0 Å². The molecule has 0 spiro atoms. The van der Waals surface area contributed by atoms with Crippen LogP contribution in [0.15, 0.2) is 0 Å². The minimum Gasteiger partial charge on any atom is -0.312 e. The second-order valence-corrected chi connectivity index (χ2v) is 6.96. The number of hydrogen-bond acceptors (Lipinski definition) is 4. The summed E-state index contributed by atoms with van der Waals surface area (Å²) in [6.45, 7) is 3.70. The third-order valence-electron chi connectivity index (χ3n) is 3.38. The SMILES string of the molecule is CCCCCCC(F)(CC)C(=O)CP(=O)(OC)OC. The summed E-state index contributed by atoms with van der Waals surface area (Å²) in [5.74, 6) is -0.682. The van der Waals surface area contributed by atoms with E-state index < -0.39 is 25.2 Å². The molecule has 0 radical (unpaired) electrons. The van der Waals surface area contributed by atoms with Crippen LogP contribution in [-0.2, 0) is 18.4 Å². The van der Waals surface area contributed by atoms with Gasteiger partial charge in [-0.3, -0.25) is 9.36 Å². The Hall–Kier alpha value is -0.250. The molecule has 1 atom stereocenters. The lowest BCUT2D eigenvalue weighted by atomic mass is 9.91. The average Bonchev–Trinajstić information content (AvgIpc) is 2.43. The number of Topliss-reactive ketones (excluding diaryl/α,β-unsaturated/α-hetero) is 1. The van der Waals surface area contributed by atoms with Gasteiger partial charge in [0.2, 0.25) is 0 Å². The Morgan fingerprint density at radius 2 is 1.74 bits per heavy atom. The van der Waals surface area contributed by atoms with E-state index in [1.807, 2.05) is 0 Å². The molecule has 0 aliphatic carbocycles. The lowest BCUT2D eigenvalue weighted by Gasteiger charge is -2.24. The predicted molar refractivity (Wildman–Crippen MR) is 74.4 cm³/mol. The third-order valence-corrected chi connectivity index (χ3v) is 5.17. The molecule has 0 bridgehead atoms. The number of carbonyl (C=O) groups is 1. The van der Waals surface area contributed by atoms with Gasteiger partial charge >= 0.3 is 7.60 Å².